The summed E-state index contributed by atoms with van der Waals surface area (Å²) in [5.41, 5.74) is 28.0. The van der Waals surface area contributed by atoms with Gasteiger partial charge in [-0.05, 0) is 145 Å². The number of para-hydroxylation sites is 4. The highest BCUT2D eigenvalue weighted by atomic mass is 15.0. The first-order valence-electron chi connectivity index (χ1n) is 36.9. The third-order valence-electron chi connectivity index (χ3n) is 22.1. The van der Waals surface area contributed by atoms with E-state index in [0.29, 0.717) is 57.2 Å². The molecule has 0 amide bonds. The van der Waals surface area contributed by atoms with Crippen LogP contribution in [0.25, 0.3) is 168 Å². The van der Waals surface area contributed by atoms with Gasteiger partial charge >= 0.3 is 0 Å². The lowest BCUT2D eigenvalue weighted by Gasteiger charge is -2.18. The van der Waals surface area contributed by atoms with Crippen LogP contribution in [0.4, 0.5) is 0 Å². The van der Waals surface area contributed by atoms with Gasteiger partial charge in [0.15, 0.2) is 34.9 Å². The molecule has 21 rings (SSSR count). The van der Waals surface area contributed by atoms with Crippen molar-refractivity contribution in [3.05, 3.63) is 396 Å². The van der Waals surface area contributed by atoms with Gasteiger partial charge in [0.25, 0.3) is 0 Å². The van der Waals surface area contributed by atoms with E-state index in [2.05, 4.69) is 300 Å². The molecule has 0 aliphatic heterocycles. The maximum Gasteiger partial charge on any atom is 0.164 e. The monoisotopic (exact) mass is 1400 g/mol. The van der Waals surface area contributed by atoms with Crippen molar-refractivity contribution in [2.45, 2.75) is 11.8 Å². The third-order valence-corrected chi connectivity index (χ3v) is 22.1. The Labute approximate surface area is 633 Å². The van der Waals surface area contributed by atoms with Crippen LogP contribution in [0.2, 0.25) is 0 Å². The number of hydrogen-bond donors (Lipinski definition) is 0. The Morgan fingerprint density at radius 3 is 0.945 bits per heavy atom. The molecule has 2 aliphatic carbocycles. The number of benzene rings is 15. The van der Waals surface area contributed by atoms with Gasteiger partial charge in [0, 0.05) is 78.1 Å². The molecule has 0 saturated heterocycles. The zero-order chi connectivity index (χ0) is 72.9. The number of aromatic nitrogens is 8. The number of rotatable bonds is 12. The van der Waals surface area contributed by atoms with E-state index in [1.807, 2.05) is 72.8 Å². The predicted molar refractivity (Wildman–Crippen MR) is 440 cm³/mol. The van der Waals surface area contributed by atoms with Crippen LogP contribution in [0.1, 0.15) is 56.3 Å². The van der Waals surface area contributed by atoms with Gasteiger partial charge in [0.2, 0.25) is 0 Å². The van der Waals surface area contributed by atoms with E-state index >= 15 is 0 Å². The summed E-state index contributed by atoms with van der Waals surface area (Å²) in [5.74, 6) is 2.60. The SMILES string of the molecule is N#Cc1cc(-c2nc(-c3ccccc3)nc(-c3ccc(-c4cccc(-c5ccc(-c6nc(-c7ccccc7)nc(-c7ccc(C8c9ccccc9-c9ccc%10c(c98)c8ccccc8n%10-c8ccccc8)c(C#N)c7)n6)cc5)c4)cc3)n2)ccc1C1c2ccccc2-c2ccc3c(c21)c1ccccc1n3-c1ccccc1. The van der Waals surface area contributed by atoms with Gasteiger partial charge in [-0.3, -0.25) is 0 Å². The van der Waals surface area contributed by atoms with Crippen LogP contribution in [-0.2, 0) is 0 Å². The molecule has 510 valence electrons. The molecule has 0 spiro atoms. The lowest BCUT2D eigenvalue weighted by Crippen LogP contribution is -2.04. The molecule has 4 aromatic heterocycles. The van der Waals surface area contributed by atoms with Crippen molar-refractivity contribution in [1.29, 1.82) is 10.5 Å². The van der Waals surface area contributed by atoms with Gasteiger partial charge in [-0.2, -0.15) is 10.5 Å². The minimum atomic E-state index is -0.217. The Balaban J connectivity index is 0.591. The van der Waals surface area contributed by atoms with Crippen LogP contribution in [0.5, 0.6) is 0 Å². The molecule has 2 unspecified atom stereocenters. The normalized spacial score (nSPS) is 13.3. The molecular formula is C100H60N10. The summed E-state index contributed by atoms with van der Waals surface area (Å²) in [7, 11) is 0. The van der Waals surface area contributed by atoms with Crippen molar-refractivity contribution in [3.8, 4) is 136 Å². The number of hydrogen-bond acceptors (Lipinski definition) is 8. The minimum absolute atomic E-state index is 0.217. The fraction of sp³-hybridized carbons (Fsp3) is 0.0200. The number of nitriles is 2. The first kappa shape index (κ1) is 63.4. The van der Waals surface area contributed by atoms with E-state index in [-0.39, 0.29) is 11.8 Å². The summed E-state index contributed by atoms with van der Waals surface area (Å²) < 4.78 is 4.72. The van der Waals surface area contributed by atoms with E-state index in [0.717, 1.165) is 89.1 Å². The lowest BCUT2D eigenvalue weighted by molar-refractivity contribution is 1.02. The highest BCUT2D eigenvalue weighted by molar-refractivity contribution is 6.16. The summed E-state index contributed by atoms with van der Waals surface area (Å²) in [6.07, 6.45) is 0. The van der Waals surface area contributed by atoms with E-state index in [1.54, 1.807) is 0 Å². The minimum Gasteiger partial charge on any atom is -0.309 e. The Hall–Kier alpha value is -15.1. The molecule has 15 aromatic carbocycles. The average Bonchev–Trinajstić information content (AvgIpc) is 1.55. The molecule has 0 radical (unpaired) electrons. The molecule has 0 saturated carbocycles. The van der Waals surface area contributed by atoms with Crippen LogP contribution in [0.3, 0.4) is 0 Å². The van der Waals surface area contributed by atoms with Gasteiger partial charge in [-0.25, -0.2) is 29.9 Å². The molecule has 10 nitrogen and oxygen atoms in total. The van der Waals surface area contributed by atoms with Crippen molar-refractivity contribution in [3.63, 3.8) is 0 Å². The Kier molecular flexibility index (Phi) is 14.9. The topological polar surface area (TPSA) is 135 Å². The Morgan fingerprint density at radius 1 is 0.227 bits per heavy atom. The lowest BCUT2D eigenvalue weighted by atomic mass is 9.84. The molecule has 4 heterocycles. The summed E-state index contributed by atoms with van der Waals surface area (Å²) in [6.45, 7) is 0. The number of nitrogens with zero attached hydrogens (tertiary/aromatic N) is 10. The van der Waals surface area contributed by atoms with Crippen LogP contribution in [0.15, 0.2) is 352 Å². The van der Waals surface area contributed by atoms with Gasteiger partial charge in [0.05, 0.1) is 45.3 Å². The Bertz CT molecular complexity index is 6610. The molecule has 2 atom stereocenters. The summed E-state index contributed by atoms with van der Waals surface area (Å²) in [4.78, 5) is 30.9. The van der Waals surface area contributed by atoms with Gasteiger partial charge in [-0.1, -0.05) is 285 Å². The second-order valence-electron chi connectivity index (χ2n) is 28.2. The van der Waals surface area contributed by atoms with E-state index in [1.165, 1.54) is 66.1 Å². The van der Waals surface area contributed by atoms with Gasteiger partial charge < -0.3 is 9.13 Å². The standard InChI is InChI=1S/C100H60N10/c101-59-71-57-69(48-50-75(71)89-79-34-15-13-32-77(79)81-52-54-87-91(93(81)89)83-36-17-19-38-85(83)109(87)73-28-9-3-10-29-73)99-105-95(63-22-5-1-6-23-63)103-97(107-99)65-44-40-61(41-45-65)67-26-21-27-68(56-67)62-42-46-66(47-43-62)98-104-96(64-24-7-2-8-25-64)106-100(108-98)70-49-51-76(72(58-70)60-102)90-80-35-16-14-33-78(80)82-53-55-88-92(94(82)90)84-37-18-20-39-86(84)110(88)74-30-11-4-12-31-74/h1-58,89-90H. The fourth-order valence-electron chi connectivity index (χ4n) is 17.2. The van der Waals surface area contributed by atoms with Gasteiger partial charge in [0.1, 0.15) is 0 Å². The quantitative estimate of drug-likeness (QED) is 0.118. The van der Waals surface area contributed by atoms with Crippen LogP contribution >= 0.6 is 0 Å². The molecule has 19 aromatic rings. The summed E-state index contributed by atoms with van der Waals surface area (Å²) >= 11 is 0. The second-order valence-corrected chi connectivity index (χ2v) is 28.2. The van der Waals surface area contributed by atoms with E-state index in [9.17, 15) is 10.5 Å². The molecular weight excluding hydrogens is 1340 g/mol. The van der Waals surface area contributed by atoms with Crippen LogP contribution < -0.4 is 0 Å². The van der Waals surface area contributed by atoms with Crippen molar-refractivity contribution < 1.29 is 0 Å². The third kappa shape index (κ3) is 10.4. The van der Waals surface area contributed by atoms with E-state index in [4.69, 9.17) is 29.9 Å². The van der Waals surface area contributed by atoms with Crippen molar-refractivity contribution in [2.24, 2.45) is 0 Å². The van der Waals surface area contributed by atoms with Crippen molar-refractivity contribution in [1.82, 2.24) is 39.0 Å². The number of fused-ring (bicyclic) bond motifs is 14. The summed E-state index contributed by atoms with van der Waals surface area (Å²) in [6, 6.07) is 127. The molecule has 0 bridgehead atoms. The smallest absolute Gasteiger partial charge is 0.164 e. The molecule has 110 heavy (non-hydrogen) atoms. The second kappa shape index (κ2) is 25.9. The highest BCUT2D eigenvalue weighted by Crippen LogP contribution is 2.56. The maximum absolute atomic E-state index is 11.3. The zero-order valence-corrected chi connectivity index (χ0v) is 59.1. The average molecular weight is 1400 g/mol. The maximum atomic E-state index is 11.3. The first-order chi connectivity index (χ1) is 54.5. The molecule has 2 aliphatic rings. The first-order valence-corrected chi connectivity index (χ1v) is 36.9. The van der Waals surface area contributed by atoms with E-state index < -0.39 is 0 Å². The zero-order valence-electron chi connectivity index (χ0n) is 59.1. The Morgan fingerprint density at radius 2 is 0.545 bits per heavy atom. The fourth-order valence-corrected chi connectivity index (χ4v) is 17.2. The van der Waals surface area contributed by atoms with Gasteiger partial charge in [-0.15, -0.1) is 0 Å². The van der Waals surface area contributed by atoms with Crippen LogP contribution in [-0.4, -0.2) is 39.0 Å². The summed E-state index contributed by atoms with van der Waals surface area (Å²) in [5, 5.41) is 27.3. The van der Waals surface area contributed by atoms with Crippen molar-refractivity contribution >= 4 is 43.6 Å². The molecule has 0 N–H and O–H groups in total. The highest BCUT2D eigenvalue weighted by Gasteiger charge is 2.37. The van der Waals surface area contributed by atoms with Crippen LogP contribution in [0, 0.1) is 22.7 Å². The molecule has 10 heteroatoms. The predicted octanol–water partition coefficient (Wildman–Crippen LogP) is 23.7. The largest absolute Gasteiger partial charge is 0.309 e. The van der Waals surface area contributed by atoms with Crippen molar-refractivity contribution in [2.75, 3.05) is 0 Å². The molecule has 0 fully saturated rings.